The molecular formula is C13H8Cl3O. The molecule has 4 heteroatoms. The second-order valence-electron chi connectivity index (χ2n) is 3.41. The molecule has 0 saturated heterocycles. The van der Waals surface area contributed by atoms with E-state index in [9.17, 15) is 0 Å². The van der Waals surface area contributed by atoms with Gasteiger partial charge in [-0.05, 0) is 30.7 Å². The van der Waals surface area contributed by atoms with Crippen molar-refractivity contribution in [2.45, 2.75) is 0 Å². The van der Waals surface area contributed by atoms with E-state index in [4.69, 9.17) is 39.5 Å². The van der Waals surface area contributed by atoms with Crippen molar-refractivity contribution in [1.82, 2.24) is 0 Å². The molecule has 0 heterocycles. The molecule has 2 aromatic carbocycles. The van der Waals surface area contributed by atoms with Gasteiger partial charge in [-0.25, -0.2) is 0 Å². The first-order chi connectivity index (χ1) is 8.08. The molecule has 1 nitrogen and oxygen atoms in total. The highest BCUT2D eigenvalue weighted by atomic mass is 35.5. The number of hydrogen-bond donors (Lipinski definition) is 0. The van der Waals surface area contributed by atoms with Crippen molar-refractivity contribution in [3.05, 3.63) is 64.0 Å². The van der Waals surface area contributed by atoms with Gasteiger partial charge in [0.15, 0.2) is 5.75 Å². The van der Waals surface area contributed by atoms with Crippen molar-refractivity contribution in [2.24, 2.45) is 0 Å². The number of hydrogen-bond acceptors (Lipinski definition) is 1. The summed E-state index contributed by atoms with van der Waals surface area (Å²) in [7, 11) is 0. The highest BCUT2D eigenvalue weighted by Gasteiger charge is 2.11. The topological polar surface area (TPSA) is 9.23 Å². The van der Waals surface area contributed by atoms with Crippen LogP contribution in [-0.4, -0.2) is 0 Å². The number of benzene rings is 2. The van der Waals surface area contributed by atoms with Crippen molar-refractivity contribution >= 4 is 34.8 Å². The SMILES string of the molecule is [CH2]c1ccccc1Oc1c(Cl)cc(Cl)cc1Cl. The molecule has 0 N–H and O–H groups in total. The molecule has 0 aliphatic heterocycles. The summed E-state index contributed by atoms with van der Waals surface area (Å²) in [5.74, 6) is 0.993. The van der Waals surface area contributed by atoms with Crippen molar-refractivity contribution in [1.29, 1.82) is 0 Å². The van der Waals surface area contributed by atoms with Crippen LogP contribution in [0.4, 0.5) is 0 Å². The molecule has 0 bridgehead atoms. The Kier molecular flexibility index (Phi) is 3.82. The largest absolute Gasteiger partial charge is 0.454 e. The van der Waals surface area contributed by atoms with Crippen LogP contribution in [0.25, 0.3) is 0 Å². The van der Waals surface area contributed by atoms with E-state index in [1.165, 1.54) is 0 Å². The zero-order valence-corrected chi connectivity index (χ0v) is 11.0. The minimum absolute atomic E-state index is 0.366. The van der Waals surface area contributed by atoms with Gasteiger partial charge < -0.3 is 4.74 Å². The lowest BCUT2D eigenvalue weighted by Crippen LogP contribution is -1.89. The van der Waals surface area contributed by atoms with E-state index in [1.807, 2.05) is 18.2 Å². The Morgan fingerprint density at radius 2 is 1.53 bits per heavy atom. The second-order valence-corrected chi connectivity index (χ2v) is 4.66. The Bertz CT molecular complexity index is 529. The van der Waals surface area contributed by atoms with Gasteiger partial charge in [0.25, 0.3) is 0 Å². The molecule has 0 fully saturated rings. The van der Waals surface area contributed by atoms with Crippen LogP contribution in [0.15, 0.2) is 36.4 Å². The Balaban J connectivity index is 2.40. The molecule has 17 heavy (non-hydrogen) atoms. The number of para-hydroxylation sites is 1. The van der Waals surface area contributed by atoms with Gasteiger partial charge in [-0.1, -0.05) is 53.0 Å². The van der Waals surface area contributed by atoms with E-state index in [0.29, 0.717) is 26.6 Å². The van der Waals surface area contributed by atoms with Gasteiger partial charge in [-0.3, -0.25) is 0 Å². The molecule has 2 rings (SSSR count). The number of ether oxygens (including phenoxy) is 1. The van der Waals surface area contributed by atoms with Gasteiger partial charge >= 0.3 is 0 Å². The summed E-state index contributed by atoms with van der Waals surface area (Å²) in [6.45, 7) is 3.86. The molecule has 0 atom stereocenters. The Morgan fingerprint density at radius 1 is 0.941 bits per heavy atom. The summed E-state index contributed by atoms with van der Waals surface area (Å²) in [5.41, 5.74) is 0.759. The van der Waals surface area contributed by atoms with Crippen molar-refractivity contribution in [2.75, 3.05) is 0 Å². The van der Waals surface area contributed by atoms with Crippen molar-refractivity contribution < 1.29 is 4.74 Å². The molecule has 87 valence electrons. The Hall–Kier alpha value is -0.890. The second kappa shape index (κ2) is 5.18. The maximum atomic E-state index is 6.02. The zero-order chi connectivity index (χ0) is 12.4. The molecule has 0 spiro atoms. The molecule has 0 aliphatic carbocycles. The van der Waals surface area contributed by atoms with Crippen LogP contribution in [0, 0.1) is 6.92 Å². The van der Waals surface area contributed by atoms with Crippen LogP contribution in [-0.2, 0) is 0 Å². The molecule has 2 aromatic rings. The van der Waals surface area contributed by atoms with Crippen LogP contribution in [0.3, 0.4) is 0 Å². The fourth-order valence-corrected chi connectivity index (χ4v) is 2.23. The lowest BCUT2D eigenvalue weighted by Gasteiger charge is -2.11. The first-order valence-electron chi connectivity index (χ1n) is 4.81. The van der Waals surface area contributed by atoms with E-state index in [2.05, 4.69) is 6.92 Å². The van der Waals surface area contributed by atoms with Crippen LogP contribution < -0.4 is 4.74 Å². The normalized spacial score (nSPS) is 10.4. The van der Waals surface area contributed by atoms with Crippen molar-refractivity contribution in [3.63, 3.8) is 0 Å². The summed E-state index contributed by atoms with van der Waals surface area (Å²) in [6, 6.07) is 10.5. The lowest BCUT2D eigenvalue weighted by atomic mass is 10.2. The van der Waals surface area contributed by atoms with Gasteiger partial charge in [0, 0.05) is 5.02 Å². The van der Waals surface area contributed by atoms with Gasteiger partial charge in [0.1, 0.15) is 5.75 Å². The standard InChI is InChI=1S/C13H8Cl3O/c1-8-4-2-3-5-12(8)17-13-10(15)6-9(14)7-11(13)16/h2-7H,1H2. The molecular weight excluding hydrogens is 279 g/mol. The quantitative estimate of drug-likeness (QED) is 0.696. The fraction of sp³-hybridized carbons (Fsp3) is 0. The first kappa shape index (κ1) is 12.6. The van der Waals surface area contributed by atoms with Gasteiger partial charge in [0.05, 0.1) is 10.0 Å². The predicted octanol–water partition coefficient (Wildman–Crippen LogP) is 5.62. The molecule has 0 saturated carbocycles. The average molecular weight is 287 g/mol. The third-order valence-electron chi connectivity index (χ3n) is 2.15. The monoisotopic (exact) mass is 285 g/mol. The molecule has 1 radical (unpaired) electrons. The summed E-state index contributed by atoms with van der Waals surface area (Å²) in [4.78, 5) is 0. The predicted molar refractivity (Wildman–Crippen MR) is 72.4 cm³/mol. The minimum atomic E-state index is 0.366. The van der Waals surface area contributed by atoms with Gasteiger partial charge in [-0.2, -0.15) is 0 Å². The molecule has 0 aliphatic rings. The summed E-state index contributed by atoms with van der Waals surface area (Å²) in [5, 5.41) is 1.20. The summed E-state index contributed by atoms with van der Waals surface area (Å²) >= 11 is 17.9. The maximum absolute atomic E-state index is 6.02. The molecule has 0 unspecified atom stereocenters. The maximum Gasteiger partial charge on any atom is 0.164 e. The Labute approximate surface area is 115 Å². The number of rotatable bonds is 2. The summed E-state index contributed by atoms with van der Waals surface area (Å²) < 4.78 is 5.64. The van der Waals surface area contributed by atoms with E-state index >= 15 is 0 Å². The third kappa shape index (κ3) is 2.86. The van der Waals surface area contributed by atoms with Crippen LogP contribution in [0.5, 0.6) is 11.5 Å². The van der Waals surface area contributed by atoms with Crippen LogP contribution >= 0.6 is 34.8 Å². The van der Waals surface area contributed by atoms with E-state index in [1.54, 1.807) is 18.2 Å². The minimum Gasteiger partial charge on any atom is -0.454 e. The lowest BCUT2D eigenvalue weighted by molar-refractivity contribution is 0.481. The first-order valence-corrected chi connectivity index (χ1v) is 5.94. The van der Waals surface area contributed by atoms with Crippen LogP contribution in [0.1, 0.15) is 5.56 Å². The fourth-order valence-electron chi connectivity index (χ4n) is 1.34. The Morgan fingerprint density at radius 3 is 2.12 bits per heavy atom. The molecule has 0 aromatic heterocycles. The highest BCUT2D eigenvalue weighted by molar-refractivity contribution is 6.40. The summed E-state index contributed by atoms with van der Waals surface area (Å²) in [6.07, 6.45) is 0. The highest BCUT2D eigenvalue weighted by Crippen LogP contribution is 2.39. The number of halogens is 3. The van der Waals surface area contributed by atoms with Gasteiger partial charge in [-0.15, -0.1) is 0 Å². The van der Waals surface area contributed by atoms with Crippen LogP contribution in [0.2, 0.25) is 15.1 Å². The van der Waals surface area contributed by atoms with E-state index in [0.717, 1.165) is 5.56 Å². The average Bonchev–Trinajstić information content (AvgIpc) is 2.25. The van der Waals surface area contributed by atoms with Crippen molar-refractivity contribution in [3.8, 4) is 11.5 Å². The third-order valence-corrected chi connectivity index (χ3v) is 2.93. The smallest absolute Gasteiger partial charge is 0.164 e. The molecule has 0 amide bonds. The van der Waals surface area contributed by atoms with Gasteiger partial charge in [0.2, 0.25) is 0 Å². The van der Waals surface area contributed by atoms with E-state index in [-0.39, 0.29) is 0 Å². The zero-order valence-electron chi connectivity index (χ0n) is 8.71. The van der Waals surface area contributed by atoms with E-state index < -0.39 is 0 Å².